The molecule has 0 atom stereocenters. The Kier molecular flexibility index (Phi) is 4.88. The maximum atomic E-state index is 11.0. The van der Waals surface area contributed by atoms with Crippen molar-refractivity contribution in [3.05, 3.63) is 18.0 Å². The number of carbonyl (C=O) groups excluding carboxylic acids is 1. The summed E-state index contributed by atoms with van der Waals surface area (Å²) in [5.41, 5.74) is 0.312. The van der Waals surface area contributed by atoms with E-state index in [-0.39, 0.29) is 12.4 Å². The number of esters is 1. The van der Waals surface area contributed by atoms with E-state index in [1.165, 1.54) is 19.4 Å². The average molecular weight is 234 g/mol. The zero-order valence-electron chi connectivity index (χ0n) is 9.88. The SMILES string of the molecule is CCN(CCC(=O)OC)c1nccc(C#N)n1. The molecule has 0 radical (unpaired) electrons. The third-order valence-electron chi connectivity index (χ3n) is 2.24. The van der Waals surface area contributed by atoms with Crippen LogP contribution >= 0.6 is 0 Å². The number of anilines is 1. The van der Waals surface area contributed by atoms with Gasteiger partial charge in [-0.2, -0.15) is 5.26 Å². The van der Waals surface area contributed by atoms with Crippen molar-refractivity contribution in [1.29, 1.82) is 5.26 Å². The molecule has 0 saturated heterocycles. The molecule has 90 valence electrons. The zero-order valence-corrected chi connectivity index (χ0v) is 9.88. The topological polar surface area (TPSA) is 79.1 Å². The second-order valence-electron chi connectivity index (χ2n) is 3.26. The number of hydrogen-bond donors (Lipinski definition) is 0. The van der Waals surface area contributed by atoms with Crippen LogP contribution in [-0.4, -0.2) is 36.1 Å². The van der Waals surface area contributed by atoms with Crippen LogP contribution in [0.5, 0.6) is 0 Å². The molecule has 0 aliphatic rings. The monoisotopic (exact) mass is 234 g/mol. The van der Waals surface area contributed by atoms with Crippen molar-refractivity contribution < 1.29 is 9.53 Å². The first-order valence-corrected chi connectivity index (χ1v) is 5.26. The Labute approximate surface area is 99.9 Å². The zero-order chi connectivity index (χ0) is 12.7. The summed E-state index contributed by atoms with van der Waals surface area (Å²) in [7, 11) is 1.35. The second-order valence-corrected chi connectivity index (χ2v) is 3.26. The minimum atomic E-state index is -0.278. The van der Waals surface area contributed by atoms with Gasteiger partial charge in [-0.1, -0.05) is 0 Å². The molecule has 6 nitrogen and oxygen atoms in total. The quantitative estimate of drug-likeness (QED) is 0.699. The molecule has 0 unspecified atom stereocenters. The lowest BCUT2D eigenvalue weighted by atomic mass is 10.4. The molecular formula is C11H14N4O2. The van der Waals surface area contributed by atoms with Gasteiger partial charge in [0.05, 0.1) is 13.5 Å². The third kappa shape index (κ3) is 3.72. The molecule has 1 heterocycles. The van der Waals surface area contributed by atoms with Crippen LogP contribution in [0.1, 0.15) is 19.0 Å². The molecule has 1 aromatic rings. The van der Waals surface area contributed by atoms with E-state index in [2.05, 4.69) is 14.7 Å². The van der Waals surface area contributed by atoms with E-state index in [1.807, 2.05) is 17.9 Å². The Morgan fingerprint density at radius 1 is 1.65 bits per heavy atom. The fourth-order valence-corrected chi connectivity index (χ4v) is 1.29. The molecule has 0 aliphatic heterocycles. The lowest BCUT2D eigenvalue weighted by Crippen LogP contribution is -2.28. The van der Waals surface area contributed by atoms with Crippen molar-refractivity contribution >= 4 is 11.9 Å². The van der Waals surface area contributed by atoms with Gasteiger partial charge in [-0.15, -0.1) is 0 Å². The summed E-state index contributed by atoms with van der Waals surface area (Å²) in [6.45, 7) is 3.06. The molecule has 0 bridgehead atoms. The highest BCUT2D eigenvalue weighted by molar-refractivity contribution is 5.69. The Morgan fingerprint density at radius 3 is 3.00 bits per heavy atom. The van der Waals surface area contributed by atoms with Crippen molar-refractivity contribution in [2.75, 3.05) is 25.1 Å². The van der Waals surface area contributed by atoms with Crippen molar-refractivity contribution in [3.63, 3.8) is 0 Å². The fraction of sp³-hybridized carbons (Fsp3) is 0.455. The van der Waals surface area contributed by atoms with Gasteiger partial charge in [0.15, 0.2) is 0 Å². The van der Waals surface area contributed by atoms with Gasteiger partial charge in [0.25, 0.3) is 0 Å². The number of carbonyl (C=O) groups is 1. The summed E-state index contributed by atoms with van der Waals surface area (Å²) >= 11 is 0. The molecule has 1 aromatic heterocycles. The van der Waals surface area contributed by atoms with Crippen LogP contribution in [0.3, 0.4) is 0 Å². The molecule has 17 heavy (non-hydrogen) atoms. The summed E-state index contributed by atoms with van der Waals surface area (Å²) in [5, 5.41) is 8.74. The molecule has 0 N–H and O–H groups in total. The standard InChI is InChI=1S/C11H14N4O2/c1-3-15(7-5-10(16)17-2)11-13-6-4-9(8-12)14-11/h4,6H,3,5,7H2,1-2H3. The Hall–Kier alpha value is -2.16. The lowest BCUT2D eigenvalue weighted by molar-refractivity contribution is -0.140. The highest BCUT2D eigenvalue weighted by Gasteiger charge is 2.10. The summed E-state index contributed by atoms with van der Waals surface area (Å²) < 4.78 is 4.57. The van der Waals surface area contributed by atoms with E-state index in [0.717, 1.165) is 0 Å². The van der Waals surface area contributed by atoms with E-state index < -0.39 is 0 Å². The van der Waals surface area contributed by atoms with Crippen molar-refractivity contribution in [2.45, 2.75) is 13.3 Å². The number of aromatic nitrogens is 2. The molecule has 0 spiro atoms. The van der Waals surface area contributed by atoms with Crippen LogP contribution in [-0.2, 0) is 9.53 Å². The van der Waals surface area contributed by atoms with Crippen LogP contribution in [0.2, 0.25) is 0 Å². The highest BCUT2D eigenvalue weighted by atomic mass is 16.5. The molecular weight excluding hydrogens is 220 g/mol. The summed E-state index contributed by atoms with van der Waals surface area (Å²) in [4.78, 5) is 21.0. The molecule has 0 fully saturated rings. The van der Waals surface area contributed by atoms with Crippen LogP contribution in [0.25, 0.3) is 0 Å². The number of methoxy groups -OCH3 is 1. The smallest absolute Gasteiger partial charge is 0.307 e. The van der Waals surface area contributed by atoms with Crippen LogP contribution < -0.4 is 4.90 Å². The van der Waals surface area contributed by atoms with E-state index in [1.54, 1.807) is 0 Å². The Balaban J connectivity index is 2.72. The Morgan fingerprint density at radius 2 is 2.41 bits per heavy atom. The van der Waals surface area contributed by atoms with Crippen molar-refractivity contribution in [2.24, 2.45) is 0 Å². The van der Waals surface area contributed by atoms with Gasteiger partial charge in [-0.25, -0.2) is 9.97 Å². The predicted octanol–water partition coefficient (Wildman–Crippen LogP) is 0.738. The fourth-order valence-electron chi connectivity index (χ4n) is 1.29. The molecule has 1 rings (SSSR count). The van der Waals surface area contributed by atoms with Crippen LogP contribution in [0.15, 0.2) is 12.3 Å². The lowest BCUT2D eigenvalue weighted by Gasteiger charge is -2.19. The van der Waals surface area contributed by atoms with Gasteiger partial charge in [-0.05, 0) is 13.0 Å². The molecule has 0 amide bonds. The summed E-state index contributed by atoms with van der Waals surface area (Å²) in [5.74, 6) is 0.176. The van der Waals surface area contributed by atoms with Gasteiger partial charge in [0.2, 0.25) is 5.95 Å². The third-order valence-corrected chi connectivity index (χ3v) is 2.24. The average Bonchev–Trinajstić information content (AvgIpc) is 2.39. The molecule has 0 aromatic carbocycles. The number of nitriles is 1. The largest absolute Gasteiger partial charge is 0.469 e. The number of ether oxygens (including phenoxy) is 1. The van der Waals surface area contributed by atoms with Crippen molar-refractivity contribution in [1.82, 2.24) is 9.97 Å². The molecule has 6 heteroatoms. The van der Waals surface area contributed by atoms with Gasteiger partial charge in [0.1, 0.15) is 11.8 Å². The van der Waals surface area contributed by atoms with Crippen LogP contribution in [0, 0.1) is 11.3 Å². The van der Waals surface area contributed by atoms with Crippen molar-refractivity contribution in [3.8, 4) is 6.07 Å². The Bertz CT molecular complexity index is 428. The van der Waals surface area contributed by atoms with Gasteiger partial charge in [0, 0.05) is 19.3 Å². The first kappa shape index (κ1) is 12.9. The highest BCUT2D eigenvalue weighted by Crippen LogP contribution is 2.07. The first-order valence-electron chi connectivity index (χ1n) is 5.26. The van der Waals surface area contributed by atoms with Gasteiger partial charge < -0.3 is 9.64 Å². The molecule has 0 saturated carbocycles. The summed E-state index contributed by atoms with van der Waals surface area (Å²) in [6, 6.07) is 3.49. The van der Waals surface area contributed by atoms with E-state index >= 15 is 0 Å². The van der Waals surface area contributed by atoms with E-state index in [0.29, 0.717) is 24.7 Å². The first-order chi connectivity index (χ1) is 8.21. The predicted molar refractivity (Wildman–Crippen MR) is 61.3 cm³/mol. The number of hydrogen-bond acceptors (Lipinski definition) is 6. The normalized spacial score (nSPS) is 9.47. The second kappa shape index (κ2) is 6.43. The van der Waals surface area contributed by atoms with Gasteiger partial charge in [-0.3, -0.25) is 4.79 Å². The number of nitrogens with zero attached hydrogens (tertiary/aromatic N) is 4. The maximum Gasteiger partial charge on any atom is 0.307 e. The van der Waals surface area contributed by atoms with Gasteiger partial charge >= 0.3 is 5.97 Å². The number of rotatable bonds is 5. The van der Waals surface area contributed by atoms with Crippen LogP contribution in [0.4, 0.5) is 5.95 Å². The maximum absolute atomic E-state index is 11.0. The summed E-state index contributed by atoms with van der Waals surface area (Å²) in [6.07, 6.45) is 1.80. The van der Waals surface area contributed by atoms with E-state index in [4.69, 9.17) is 5.26 Å². The molecule has 0 aliphatic carbocycles. The minimum Gasteiger partial charge on any atom is -0.469 e. The minimum absolute atomic E-state index is 0.268. The van der Waals surface area contributed by atoms with E-state index in [9.17, 15) is 4.79 Å².